The smallest absolute Gasteiger partial charge is 0.445 e. The summed E-state index contributed by atoms with van der Waals surface area (Å²) in [6.45, 7) is 23.3. The summed E-state index contributed by atoms with van der Waals surface area (Å²) in [4.78, 5) is 24.6. The predicted molar refractivity (Wildman–Crippen MR) is 224 cm³/mol. The fraction of sp³-hybridized carbons (Fsp3) is 0.842. The van der Waals surface area contributed by atoms with Crippen LogP contribution in [-0.4, -0.2) is 124 Å². The molecule has 2 N–H and O–H groups in total. The van der Waals surface area contributed by atoms with E-state index in [4.69, 9.17) is 49.3 Å². The largest absolute Gasteiger partial charge is 0.500 e. The Hall–Kier alpha value is -1.69. The maximum absolute atomic E-state index is 12.3. The minimum atomic E-state index is -2.80. The van der Waals surface area contributed by atoms with E-state index in [0.29, 0.717) is 109 Å². The zero-order valence-electron chi connectivity index (χ0n) is 36.3. The molecule has 0 rings (SSSR count). The first-order chi connectivity index (χ1) is 27.1. The van der Waals surface area contributed by atoms with Crippen molar-refractivity contribution in [2.45, 2.75) is 119 Å². The molecule has 0 aromatic rings. The summed E-state index contributed by atoms with van der Waals surface area (Å²) in [6.07, 6.45) is 11.5. The maximum Gasteiger partial charge on any atom is 0.500 e. The molecule has 18 heteroatoms. The molecule has 0 radical (unpaired) electrons. The molecule has 1 unspecified atom stereocenters. The molecule has 0 saturated heterocycles. The number of hydrogen-bond donors (Lipinski definition) is 2. The van der Waals surface area contributed by atoms with Gasteiger partial charge in [-0.05, 0) is 107 Å². The Morgan fingerprint density at radius 3 is 1.16 bits per heavy atom. The number of hydrogen-bond acceptors (Lipinski definition) is 13. The van der Waals surface area contributed by atoms with Gasteiger partial charge in [-0.3, -0.25) is 0 Å². The van der Waals surface area contributed by atoms with Crippen molar-refractivity contribution in [3.05, 3.63) is 24.3 Å². The van der Waals surface area contributed by atoms with Crippen molar-refractivity contribution < 1.29 is 58.9 Å². The molecule has 0 heterocycles. The van der Waals surface area contributed by atoms with Gasteiger partial charge in [0.15, 0.2) is 0 Å². The number of amides is 2. The van der Waals surface area contributed by atoms with Crippen LogP contribution in [0.2, 0.25) is 18.1 Å². The second-order valence-electron chi connectivity index (χ2n) is 12.4. The molecule has 0 aliphatic rings. The highest BCUT2D eigenvalue weighted by molar-refractivity contribution is 6.61. The highest BCUT2D eigenvalue weighted by atomic mass is 28.4. The van der Waals surface area contributed by atoms with E-state index in [9.17, 15) is 9.59 Å². The standard InChI is InChI=1S/C38H78N2O13Si3/c1-10-45-54(46-11-2,47-12-3)33-24-29-39-37(41)43-31-22-19-20-26-36(28-35-56(51-16-7,52-17-8)53-18-9)27-21-23-32-44-38(42)40-30-25-34-55(48-13-4,49-14-5)50-15-6/h19,21-23,36H,10-18,20,24-35H2,1-9H3,(H,39,41)(H,40,42)/b22-19+,23-21+. The molecule has 1 atom stereocenters. The van der Waals surface area contributed by atoms with Gasteiger partial charge in [0.2, 0.25) is 0 Å². The zero-order valence-corrected chi connectivity index (χ0v) is 39.3. The minimum absolute atomic E-state index is 0.164. The SMILES string of the molecule is CCO[Si](CCCNC(=O)OC/C=C/CCC(C/C=C/COC(=O)NCCC[Si](OCC)(OCC)OCC)CC[Si](OCC)(OCC)OCC)(OCC)OCC. The molecule has 56 heavy (non-hydrogen) atoms. The van der Waals surface area contributed by atoms with Crippen molar-refractivity contribution in [1.29, 1.82) is 0 Å². The molecule has 15 nitrogen and oxygen atoms in total. The quantitative estimate of drug-likeness (QED) is 0.0355. The molecular weight excluding hydrogens is 777 g/mol. The number of carbonyl (C=O) groups is 2. The van der Waals surface area contributed by atoms with E-state index in [1.807, 2.05) is 80.5 Å². The fourth-order valence-corrected chi connectivity index (χ4v) is 14.0. The van der Waals surface area contributed by atoms with Crippen molar-refractivity contribution in [2.75, 3.05) is 85.8 Å². The van der Waals surface area contributed by atoms with Crippen molar-refractivity contribution in [2.24, 2.45) is 5.92 Å². The first-order valence-electron chi connectivity index (χ1n) is 21.0. The third-order valence-corrected chi connectivity index (χ3v) is 17.6. The fourth-order valence-electron chi connectivity index (χ4n) is 5.98. The normalized spacial score (nSPS) is 13.1. The Balaban J connectivity index is 5.01. The van der Waals surface area contributed by atoms with E-state index in [0.717, 1.165) is 25.7 Å². The molecule has 0 spiro atoms. The number of ether oxygens (including phenoxy) is 2. The van der Waals surface area contributed by atoms with Gasteiger partial charge in [-0.2, -0.15) is 0 Å². The highest BCUT2D eigenvalue weighted by Gasteiger charge is 2.41. The number of allylic oxidation sites excluding steroid dienone is 2. The van der Waals surface area contributed by atoms with E-state index < -0.39 is 38.6 Å². The van der Waals surface area contributed by atoms with Crippen molar-refractivity contribution in [3.63, 3.8) is 0 Å². The average Bonchev–Trinajstić information content (AvgIpc) is 3.16. The summed E-state index contributed by atoms with van der Waals surface area (Å²) >= 11 is 0. The van der Waals surface area contributed by atoms with Gasteiger partial charge in [0.1, 0.15) is 13.2 Å². The summed E-state index contributed by atoms with van der Waals surface area (Å²) in [7, 11) is -8.29. The van der Waals surface area contributed by atoms with Gasteiger partial charge in [0.25, 0.3) is 0 Å². The topological polar surface area (TPSA) is 160 Å². The summed E-state index contributed by atoms with van der Waals surface area (Å²) < 4.78 is 64.3. The van der Waals surface area contributed by atoms with Gasteiger partial charge in [-0.1, -0.05) is 24.3 Å². The van der Waals surface area contributed by atoms with Crippen molar-refractivity contribution >= 4 is 38.6 Å². The van der Waals surface area contributed by atoms with Crippen LogP contribution in [0.3, 0.4) is 0 Å². The average molecular weight is 855 g/mol. The summed E-state index contributed by atoms with van der Waals surface area (Å²) in [5.41, 5.74) is 0. The Morgan fingerprint density at radius 2 is 0.804 bits per heavy atom. The molecule has 0 saturated carbocycles. The van der Waals surface area contributed by atoms with Crippen LogP contribution in [-0.2, 0) is 49.3 Å². The lowest BCUT2D eigenvalue weighted by Gasteiger charge is -2.29. The highest BCUT2D eigenvalue weighted by Crippen LogP contribution is 2.26. The molecule has 0 bridgehead atoms. The second-order valence-corrected chi connectivity index (χ2v) is 20.6. The predicted octanol–water partition coefficient (Wildman–Crippen LogP) is 7.65. The zero-order chi connectivity index (χ0) is 41.8. The number of carbonyl (C=O) groups excluding carboxylic acids is 2. The molecule has 0 aliphatic heterocycles. The van der Waals surface area contributed by atoms with E-state index in [2.05, 4.69) is 16.7 Å². The Morgan fingerprint density at radius 1 is 0.464 bits per heavy atom. The van der Waals surface area contributed by atoms with Crippen molar-refractivity contribution in [1.82, 2.24) is 10.6 Å². The van der Waals surface area contributed by atoms with Gasteiger partial charge >= 0.3 is 38.6 Å². The van der Waals surface area contributed by atoms with Crippen LogP contribution in [0.5, 0.6) is 0 Å². The lowest BCUT2D eigenvalue weighted by atomic mass is 9.96. The van der Waals surface area contributed by atoms with Gasteiger partial charge in [0.05, 0.1) is 0 Å². The van der Waals surface area contributed by atoms with Crippen LogP contribution >= 0.6 is 0 Å². The van der Waals surface area contributed by atoms with Crippen LogP contribution in [0.4, 0.5) is 9.59 Å². The first-order valence-corrected chi connectivity index (χ1v) is 26.8. The summed E-state index contributed by atoms with van der Waals surface area (Å²) in [6, 6.07) is 1.94. The van der Waals surface area contributed by atoms with Crippen LogP contribution in [0, 0.1) is 5.92 Å². The minimum Gasteiger partial charge on any atom is -0.445 e. The first kappa shape index (κ1) is 54.3. The Kier molecular flexibility index (Phi) is 34.2. The Labute approximate surface area is 342 Å². The molecule has 0 aromatic carbocycles. The molecule has 2 amide bonds. The summed E-state index contributed by atoms with van der Waals surface area (Å²) in [5.74, 6) is 0.299. The third kappa shape index (κ3) is 25.6. The van der Waals surface area contributed by atoms with E-state index in [-0.39, 0.29) is 13.2 Å². The molecule has 0 aliphatic carbocycles. The molecule has 0 aromatic heterocycles. The monoisotopic (exact) mass is 854 g/mol. The van der Waals surface area contributed by atoms with Gasteiger partial charge in [0, 0.05) is 90.7 Å². The lowest BCUT2D eigenvalue weighted by Crippen LogP contribution is -2.46. The number of nitrogens with one attached hydrogen (secondary N) is 2. The van der Waals surface area contributed by atoms with Gasteiger partial charge in [-0.25, -0.2) is 9.59 Å². The van der Waals surface area contributed by atoms with E-state index in [1.165, 1.54) is 0 Å². The van der Waals surface area contributed by atoms with Crippen LogP contribution in [0.1, 0.15) is 101 Å². The van der Waals surface area contributed by atoms with Crippen LogP contribution < -0.4 is 10.6 Å². The molecular formula is C38H78N2O13Si3. The van der Waals surface area contributed by atoms with Crippen LogP contribution in [0.15, 0.2) is 24.3 Å². The van der Waals surface area contributed by atoms with Gasteiger partial charge in [-0.15, -0.1) is 0 Å². The van der Waals surface area contributed by atoms with E-state index >= 15 is 0 Å². The third-order valence-electron chi connectivity index (χ3n) is 8.16. The lowest BCUT2D eigenvalue weighted by molar-refractivity contribution is 0.0690. The van der Waals surface area contributed by atoms with Crippen LogP contribution in [0.25, 0.3) is 0 Å². The van der Waals surface area contributed by atoms with E-state index in [1.54, 1.807) is 0 Å². The van der Waals surface area contributed by atoms with Gasteiger partial charge < -0.3 is 59.9 Å². The van der Waals surface area contributed by atoms with Crippen molar-refractivity contribution in [3.8, 4) is 0 Å². The number of rotatable bonds is 38. The Bertz CT molecular complexity index is 978. The second kappa shape index (κ2) is 35.3. The molecule has 0 fully saturated rings. The number of alkyl carbamates (subject to hydrolysis) is 2. The molecule has 330 valence electrons. The maximum atomic E-state index is 12.3. The summed E-state index contributed by atoms with van der Waals surface area (Å²) in [5, 5.41) is 5.60.